The molecule has 10 nitrogen and oxygen atoms in total. The molecule has 4 atom stereocenters. The van der Waals surface area contributed by atoms with Crippen LogP contribution in [0.1, 0.15) is 26.0 Å². The highest BCUT2D eigenvalue weighted by Gasteiger charge is 2.53. The summed E-state index contributed by atoms with van der Waals surface area (Å²) in [7, 11) is 1.94. The standard InChI is InChI=1S/C15H22N6O4/c1-15(24)10(23)8(5-22)25-13(15)21-6-17-9-11(20(2)7-3-4-7)18-14(16)19-12(9)21/h6-8,10,13,22-24H,3-5H2,1-2H3,(H2,16,18,19)/t8-,10?,13-,15-/m1/s1. The molecule has 25 heavy (non-hydrogen) atoms. The van der Waals surface area contributed by atoms with Crippen LogP contribution in [0.3, 0.4) is 0 Å². The maximum atomic E-state index is 10.7. The van der Waals surface area contributed by atoms with Crippen LogP contribution in [0.4, 0.5) is 11.8 Å². The molecule has 0 spiro atoms. The Morgan fingerprint density at radius 3 is 2.76 bits per heavy atom. The van der Waals surface area contributed by atoms with E-state index in [0.717, 1.165) is 12.8 Å². The molecule has 2 aromatic rings. The maximum Gasteiger partial charge on any atom is 0.224 e. The lowest BCUT2D eigenvalue weighted by Crippen LogP contribution is -2.44. The van der Waals surface area contributed by atoms with E-state index in [1.54, 1.807) is 0 Å². The minimum Gasteiger partial charge on any atom is -0.394 e. The summed E-state index contributed by atoms with van der Waals surface area (Å²) in [6, 6.07) is 0.411. The molecule has 10 heteroatoms. The fourth-order valence-corrected chi connectivity index (χ4v) is 3.36. The number of imidazole rings is 1. The number of nitrogen functional groups attached to an aromatic ring is 1. The lowest BCUT2D eigenvalue weighted by molar-refractivity contribution is -0.0950. The van der Waals surface area contributed by atoms with Gasteiger partial charge in [0.25, 0.3) is 0 Å². The van der Waals surface area contributed by atoms with Crippen LogP contribution in [0.15, 0.2) is 6.33 Å². The van der Waals surface area contributed by atoms with Crippen LogP contribution in [0.2, 0.25) is 0 Å². The first-order valence-electron chi connectivity index (χ1n) is 8.24. The number of ether oxygens (including phenoxy) is 1. The van der Waals surface area contributed by atoms with Crippen LogP contribution in [0.25, 0.3) is 11.2 Å². The molecule has 0 bridgehead atoms. The van der Waals surface area contributed by atoms with Crippen molar-refractivity contribution in [1.82, 2.24) is 19.5 Å². The van der Waals surface area contributed by atoms with E-state index in [1.807, 2.05) is 11.9 Å². The fourth-order valence-electron chi connectivity index (χ4n) is 3.36. The van der Waals surface area contributed by atoms with Crippen LogP contribution in [-0.4, -0.2) is 72.3 Å². The first-order valence-corrected chi connectivity index (χ1v) is 8.24. The van der Waals surface area contributed by atoms with E-state index in [9.17, 15) is 15.3 Å². The van der Waals surface area contributed by atoms with Gasteiger partial charge >= 0.3 is 0 Å². The van der Waals surface area contributed by atoms with Gasteiger partial charge in [-0.25, -0.2) is 4.98 Å². The third-order valence-corrected chi connectivity index (χ3v) is 5.04. The first kappa shape index (κ1) is 16.5. The SMILES string of the molecule is CN(c1nc(N)nc2c1ncn2[C@@H]1O[C@H](CO)C(O)[C@@]1(C)O)C1CC1. The summed E-state index contributed by atoms with van der Waals surface area (Å²) in [5.41, 5.74) is 5.21. The van der Waals surface area contributed by atoms with Gasteiger partial charge in [0.1, 0.15) is 17.8 Å². The van der Waals surface area contributed by atoms with E-state index in [1.165, 1.54) is 17.8 Å². The van der Waals surface area contributed by atoms with Crippen molar-refractivity contribution in [3.8, 4) is 0 Å². The quantitative estimate of drug-likeness (QED) is 0.546. The largest absolute Gasteiger partial charge is 0.394 e. The Morgan fingerprint density at radius 2 is 2.16 bits per heavy atom. The molecule has 0 radical (unpaired) electrons. The summed E-state index contributed by atoms with van der Waals surface area (Å²) in [5, 5.41) is 30.2. The Balaban J connectivity index is 1.81. The van der Waals surface area contributed by atoms with Crippen LogP contribution in [-0.2, 0) is 4.74 Å². The number of hydrogen-bond acceptors (Lipinski definition) is 9. The molecule has 2 fully saturated rings. The number of rotatable bonds is 4. The smallest absolute Gasteiger partial charge is 0.224 e. The minimum absolute atomic E-state index is 0.0913. The number of aliphatic hydroxyl groups excluding tert-OH is 2. The number of hydrogen-bond donors (Lipinski definition) is 4. The van der Waals surface area contributed by atoms with Gasteiger partial charge in [-0.3, -0.25) is 4.57 Å². The lowest BCUT2D eigenvalue weighted by atomic mass is 9.96. The zero-order valence-corrected chi connectivity index (χ0v) is 14.1. The summed E-state index contributed by atoms with van der Waals surface area (Å²) in [5.74, 6) is 0.717. The Morgan fingerprint density at radius 1 is 1.44 bits per heavy atom. The van der Waals surface area contributed by atoms with Crippen molar-refractivity contribution in [2.24, 2.45) is 0 Å². The van der Waals surface area contributed by atoms with Gasteiger partial charge in [-0.05, 0) is 19.8 Å². The monoisotopic (exact) mass is 350 g/mol. The average Bonchev–Trinajstić information content (AvgIpc) is 3.30. The number of aromatic nitrogens is 4. The van der Waals surface area contributed by atoms with E-state index < -0.39 is 30.6 Å². The zero-order valence-electron chi connectivity index (χ0n) is 14.1. The van der Waals surface area contributed by atoms with Gasteiger partial charge in [-0.1, -0.05) is 0 Å². The second-order valence-electron chi connectivity index (χ2n) is 6.95. The van der Waals surface area contributed by atoms with E-state index in [0.29, 0.717) is 23.0 Å². The molecule has 5 N–H and O–H groups in total. The van der Waals surface area contributed by atoms with Gasteiger partial charge in [0.15, 0.2) is 23.2 Å². The molecule has 2 aliphatic rings. The highest BCUT2D eigenvalue weighted by Crippen LogP contribution is 2.40. The number of anilines is 2. The molecule has 4 rings (SSSR count). The summed E-state index contributed by atoms with van der Waals surface area (Å²) in [6.45, 7) is 1.04. The predicted octanol–water partition coefficient (Wildman–Crippen LogP) is -0.991. The molecule has 1 aliphatic heterocycles. The van der Waals surface area contributed by atoms with Crippen molar-refractivity contribution < 1.29 is 20.1 Å². The van der Waals surface area contributed by atoms with E-state index in [-0.39, 0.29) is 5.95 Å². The van der Waals surface area contributed by atoms with Gasteiger partial charge < -0.3 is 30.7 Å². The second-order valence-corrected chi connectivity index (χ2v) is 6.95. The second kappa shape index (κ2) is 5.49. The summed E-state index contributed by atoms with van der Waals surface area (Å²) < 4.78 is 7.17. The van der Waals surface area contributed by atoms with E-state index in [4.69, 9.17) is 10.5 Å². The normalized spacial score (nSPS) is 32.4. The van der Waals surface area contributed by atoms with Crippen molar-refractivity contribution in [3.63, 3.8) is 0 Å². The van der Waals surface area contributed by atoms with Crippen LogP contribution >= 0.6 is 0 Å². The maximum absolute atomic E-state index is 10.7. The van der Waals surface area contributed by atoms with Crippen molar-refractivity contribution >= 4 is 22.9 Å². The van der Waals surface area contributed by atoms with Gasteiger partial charge in [0.05, 0.1) is 12.9 Å². The topological polar surface area (TPSA) is 143 Å². The predicted molar refractivity (Wildman–Crippen MR) is 88.8 cm³/mol. The number of aliphatic hydroxyl groups is 3. The van der Waals surface area contributed by atoms with E-state index in [2.05, 4.69) is 15.0 Å². The number of nitrogens with zero attached hydrogens (tertiary/aromatic N) is 5. The Labute approximate surface area is 143 Å². The molecule has 1 unspecified atom stereocenters. The molecular weight excluding hydrogens is 328 g/mol. The van der Waals surface area contributed by atoms with Gasteiger partial charge in [-0.15, -0.1) is 0 Å². The third kappa shape index (κ3) is 2.44. The van der Waals surface area contributed by atoms with Crippen LogP contribution in [0, 0.1) is 0 Å². The highest BCUT2D eigenvalue weighted by molar-refractivity contribution is 5.85. The number of fused-ring (bicyclic) bond motifs is 1. The third-order valence-electron chi connectivity index (χ3n) is 5.04. The molecule has 0 aromatic carbocycles. The van der Waals surface area contributed by atoms with Crippen molar-refractivity contribution in [2.45, 2.75) is 49.8 Å². The number of nitrogens with two attached hydrogens (primary N) is 1. The Hall–Kier alpha value is -2.01. The molecule has 1 saturated carbocycles. The molecule has 0 amide bonds. The molecule has 1 aliphatic carbocycles. The van der Waals surface area contributed by atoms with Crippen molar-refractivity contribution in [1.29, 1.82) is 0 Å². The molecule has 3 heterocycles. The average molecular weight is 350 g/mol. The van der Waals surface area contributed by atoms with Crippen molar-refractivity contribution in [3.05, 3.63) is 6.33 Å². The highest BCUT2D eigenvalue weighted by atomic mass is 16.6. The lowest BCUT2D eigenvalue weighted by Gasteiger charge is -2.27. The van der Waals surface area contributed by atoms with E-state index >= 15 is 0 Å². The summed E-state index contributed by atoms with van der Waals surface area (Å²) >= 11 is 0. The molecular formula is C15H22N6O4. The van der Waals surface area contributed by atoms with Crippen molar-refractivity contribution in [2.75, 3.05) is 24.3 Å². The minimum atomic E-state index is -1.62. The first-order chi connectivity index (χ1) is 11.8. The van der Waals surface area contributed by atoms with Gasteiger partial charge in [0.2, 0.25) is 5.95 Å². The van der Waals surface area contributed by atoms with Gasteiger partial charge in [0, 0.05) is 13.1 Å². The Kier molecular flexibility index (Phi) is 3.62. The Bertz CT molecular complexity index is 805. The van der Waals surface area contributed by atoms with Crippen LogP contribution in [0.5, 0.6) is 0 Å². The molecule has 1 saturated heterocycles. The summed E-state index contributed by atoms with van der Waals surface area (Å²) in [6.07, 6.45) is 0.561. The summed E-state index contributed by atoms with van der Waals surface area (Å²) in [4.78, 5) is 15.0. The van der Waals surface area contributed by atoms with Crippen LogP contribution < -0.4 is 10.6 Å². The van der Waals surface area contributed by atoms with Gasteiger partial charge in [-0.2, -0.15) is 9.97 Å². The fraction of sp³-hybridized carbons (Fsp3) is 0.667. The molecule has 136 valence electrons. The zero-order chi connectivity index (χ0) is 17.9. The molecule has 2 aromatic heterocycles.